The van der Waals surface area contributed by atoms with E-state index in [4.69, 9.17) is 4.74 Å². The van der Waals surface area contributed by atoms with Crippen LogP contribution in [0.4, 0.5) is 5.69 Å². The molecule has 1 aromatic heterocycles. The molecule has 0 aliphatic rings. The monoisotopic (exact) mass is 364 g/mol. The third kappa shape index (κ3) is 3.44. The molecule has 3 aromatic carbocycles. The summed E-state index contributed by atoms with van der Waals surface area (Å²) in [5.74, 6) is 0.839. The molecule has 4 rings (SSSR count). The lowest BCUT2D eigenvalue weighted by atomic mass is 10.0. The van der Waals surface area contributed by atoms with Crippen LogP contribution in [0.1, 0.15) is 11.3 Å². The molecule has 4 aromatic rings. The van der Waals surface area contributed by atoms with Gasteiger partial charge < -0.3 is 10.1 Å². The van der Waals surface area contributed by atoms with E-state index in [2.05, 4.69) is 58.8 Å². The van der Waals surface area contributed by atoms with Crippen molar-refractivity contribution in [2.75, 3.05) is 12.4 Å². The lowest BCUT2D eigenvalue weighted by Crippen LogP contribution is -2.02. The highest BCUT2D eigenvalue weighted by molar-refractivity contribution is 5.93. The summed E-state index contributed by atoms with van der Waals surface area (Å²) in [6.45, 7) is 2.78. The number of halogens is 1. The Morgan fingerprint density at radius 2 is 1.73 bits per heavy atom. The Balaban J connectivity index is 0.00000196. The van der Waals surface area contributed by atoms with Crippen molar-refractivity contribution in [1.29, 1.82) is 0 Å². The fourth-order valence-electron chi connectivity index (χ4n) is 3.25. The third-order valence-electron chi connectivity index (χ3n) is 4.49. The summed E-state index contributed by atoms with van der Waals surface area (Å²) in [4.78, 5) is 4.62. The standard InChI is InChI=1S/C22H20N2O.ClH/c1-15-12-22(20-13-18(25-2)10-11-21(20)24-15)23-14-17-8-5-7-16-6-3-4-9-19(16)17;/h3-13H,14H2,1-2H3,(H,23,24);1H. The van der Waals surface area contributed by atoms with Gasteiger partial charge in [0.15, 0.2) is 0 Å². The number of pyridine rings is 1. The number of nitrogens with zero attached hydrogens (tertiary/aromatic N) is 1. The Hall–Kier alpha value is -2.78. The largest absolute Gasteiger partial charge is 0.497 e. The van der Waals surface area contributed by atoms with Gasteiger partial charge in [0, 0.05) is 23.3 Å². The summed E-state index contributed by atoms with van der Waals surface area (Å²) in [6, 6.07) is 23.0. The zero-order valence-electron chi connectivity index (χ0n) is 14.8. The molecule has 0 radical (unpaired) electrons. The predicted octanol–water partition coefficient (Wildman–Crippen LogP) is 5.74. The van der Waals surface area contributed by atoms with Crippen LogP contribution in [-0.2, 0) is 6.54 Å². The summed E-state index contributed by atoms with van der Waals surface area (Å²) in [7, 11) is 1.69. The van der Waals surface area contributed by atoms with Crippen LogP contribution in [0, 0.1) is 6.92 Å². The number of hydrogen-bond donors (Lipinski definition) is 1. The zero-order valence-corrected chi connectivity index (χ0v) is 15.6. The smallest absolute Gasteiger partial charge is 0.119 e. The second-order valence-electron chi connectivity index (χ2n) is 6.19. The predicted molar refractivity (Wildman–Crippen MR) is 112 cm³/mol. The van der Waals surface area contributed by atoms with Crippen molar-refractivity contribution < 1.29 is 4.74 Å². The first-order valence-electron chi connectivity index (χ1n) is 8.40. The van der Waals surface area contributed by atoms with Gasteiger partial charge in [0.05, 0.1) is 12.6 Å². The Morgan fingerprint density at radius 1 is 0.923 bits per heavy atom. The van der Waals surface area contributed by atoms with Gasteiger partial charge >= 0.3 is 0 Å². The zero-order chi connectivity index (χ0) is 17.2. The average molecular weight is 365 g/mol. The fraction of sp³-hybridized carbons (Fsp3) is 0.136. The molecule has 0 spiro atoms. The lowest BCUT2D eigenvalue weighted by molar-refractivity contribution is 0.415. The lowest BCUT2D eigenvalue weighted by Gasteiger charge is -2.13. The molecular weight excluding hydrogens is 344 g/mol. The number of ether oxygens (including phenoxy) is 1. The van der Waals surface area contributed by atoms with E-state index in [0.29, 0.717) is 0 Å². The van der Waals surface area contributed by atoms with Crippen LogP contribution in [0.3, 0.4) is 0 Å². The van der Waals surface area contributed by atoms with Crippen LogP contribution in [0.2, 0.25) is 0 Å². The molecule has 0 saturated heterocycles. The van der Waals surface area contributed by atoms with E-state index in [-0.39, 0.29) is 12.4 Å². The van der Waals surface area contributed by atoms with Crippen LogP contribution in [0.15, 0.2) is 66.7 Å². The van der Waals surface area contributed by atoms with E-state index in [1.54, 1.807) is 7.11 Å². The van der Waals surface area contributed by atoms with E-state index in [9.17, 15) is 0 Å². The van der Waals surface area contributed by atoms with E-state index >= 15 is 0 Å². The van der Waals surface area contributed by atoms with Gasteiger partial charge in [-0.1, -0.05) is 42.5 Å². The Labute approximate surface area is 159 Å². The molecule has 3 nitrogen and oxygen atoms in total. The molecule has 0 unspecified atom stereocenters. The van der Waals surface area contributed by atoms with E-state index in [1.165, 1.54) is 16.3 Å². The highest BCUT2D eigenvalue weighted by Gasteiger charge is 2.07. The molecule has 0 amide bonds. The number of aryl methyl sites for hydroxylation is 1. The van der Waals surface area contributed by atoms with Gasteiger partial charge in [-0.25, -0.2) is 0 Å². The minimum Gasteiger partial charge on any atom is -0.497 e. The molecule has 0 saturated carbocycles. The molecule has 4 heteroatoms. The summed E-state index contributed by atoms with van der Waals surface area (Å²) in [5.41, 5.74) is 4.33. The van der Waals surface area contributed by atoms with Gasteiger partial charge in [0.2, 0.25) is 0 Å². The van der Waals surface area contributed by atoms with Crippen molar-refractivity contribution in [2.24, 2.45) is 0 Å². The summed E-state index contributed by atoms with van der Waals surface area (Å²) in [5, 5.41) is 7.21. The second-order valence-corrected chi connectivity index (χ2v) is 6.19. The molecule has 0 fully saturated rings. The fourth-order valence-corrected chi connectivity index (χ4v) is 3.25. The SMILES string of the molecule is COc1ccc2nc(C)cc(NCc3cccc4ccccc34)c2c1.Cl. The van der Waals surface area contributed by atoms with Crippen molar-refractivity contribution in [1.82, 2.24) is 4.98 Å². The number of anilines is 1. The number of benzene rings is 3. The van der Waals surface area contributed by atoms with Gasteiger partial charge in [-0.3, -0.25) is 4.98 Å². The average Bonchev–Trinajstić information content (AvgIpc) is 2.65. The highest BCUT2D eigenvalue weighted by Crippen LogP contribution is 2.28. The van der Waals surface area contributed by atoms with Gasteiger partial charge in [0.25, 0.3) is 0 Å². The number of rotatable bonds is 4. The van der Waals surface area contributed by atoms with Crippen LogP contribution >= 0.6 is 12.4 Å². The first-order chi connectivity index (χ1) is 12.2. The number of fused-ring (bicyclic) bond motifs is 2. The number of nitrogens with one attached hydrogen (secondary N) is 1. The first-order valence-corrected chi connectivity index (χ1v) is 8.40. The van der Waals surface area contributed by atoms with Gasteiger partial charge in [-0.05, 0) is 47.5 Å². The minimum atomic E-state index is 0. The van der Waals surface area contributed by atoms with Crippen molar-refractivity contribution in [3.63, 3.8) is 0 Å². The molecule has 0 aliphatic heterocycles. The second kappa shape index (κ2) is 7.63. The Bertz CT molecular complexity index is 1060. The van der Waals surface area contributed by atoms with Gasteiger partial charge in [-0.15, -0.1) is 12.4 Å². The van der Waals surface area contributed by atoms with Crippen LogP contribution in [0.25, 0.3) is 21.7 Å². The molecular formula is C22H21ClN2O. The molecule has 0 bridgehead atoms. The van der Waals surface area contributed by atoms with E-state index in [0.717, 1.165) is 34.6 Å². The molecule has 1 heterocycles. The summed E-state index contributed by atoms with van der Waals surface area (Å²) >= 11 is 0. The van der Waals surface area contributed by atoms with Crippen LogP contribution in [0.5, 0.6) is 5.75 Å². The normalized spacial score (nSPS) is 10.5. The van der Waals surface area contributed by atoms with Crippen molar-refractivity contribution in [2.45, 2.75) is 13.5 Å². The number of hydrogen-bond acceptors (Lipinski definition) is 3. The maximum absolute atomic E-state index is 5.37. The maximum atomic E-state index is 5.37. The molecule has 26 heavy (non-hydrogen) atoms. The van der Waals surface area contributed by atoms with Crippen molar-refractivity contribution >= 4 is 39.8 Å². The molecule has 1 N–H and O–H groups in total. The van der Waals surface area contributed by atoms with Crippen molar-refractivity contribution in [3.05, 3.63) is 78.0 Å². The quantitative estimate of drug-likeness (QED) is 0.501. The van der Waals surface area contributed by atoms with E-state index in [1.807, 2.05) is 25.1 Å². The number of aromatic nitrogens is 1. The molecule has 132 valence electrons. The molecule has 0 atom stereocenters. The Morgan fingerprint density at radius 3 is 2.58 bits per heavy atom. The third-order valence-corrected chi connectivity index (χ3v) is 4.49. The number of methoxy groups -OCH3 is 1. The van der Waals surface area contributed by atoms with Crippen molar-refractivity contribution in [3.8, 4) is 5.75 Å². The maximum Gasteiger partial charge on any atom is 0.119 e. The van der Waals surface area contributed by atoms with E-state index < -0.39 is 0 Å². The van der Waals surface area contributed by atoms with Crippen LogP contribution in [-0.4, -0.2) is 12.1 Å². The summed E-state index contributed by atoms with van der Waals surface area (Å²) in [6.07, 6.45) is 0. The highest BCUT2D eigenvalue weighted by atomic mass is 35.5. The summed E-state index contributed by atoms with van der Waals surface area (Å²) < 4.78 is 5.37. The van der Waals surface area contributed by atoms with Crippen LogP contribution < -0.4 is 10.1 Å². The topological polar surface area (TPSA) is 34.1 Å². The van der Waals surface area contributed by atoms with Gasteiger partial charge in [0.1, 0.15) is 5.75 Å². The minimum absolute atomic E-state index is 0. The Kier molecular flexibility index (Phi) is 5.29. The first kappa shape index (κ1) is 18.0. The van der Waals surface area contributed by atoms with Gasteiger partial charge in [-0.2, -0.15) is 0 Å². The molecule has 0 aliphatic carbocycles.